The lowest BCUT2D eigenvalue weighted by Crippen LogP contribution is -2.41. The summed E-state index contributed by atoms with van der Waals surface area (Å²) in [5.41, 5.74) is 2.00. The Labute approximate surface area is 168 Å². The Hall–Kier alpha value is -2.13. The smallest absolute Gasteiger partial charge is 0.240 e. The van der Waals surface area contributed by atoms with Crippen molar-refractivity contribution in [3.63, 3.8) is 0 Å². The van der Waals surface area contributed by atoms with Crippen LogP contribution in [0.25, 0.3) is 0 Å². The van der Waals surface area contributed by atoms with E-state index in [1.165, 1.54) is 11.1 Å². The van der Waals surface area contributed by atoms with Gasteiger partial charge in [-0.25, -0.2) is 17.2 Å². The van der Waals surface area contributed by atoms with Crippen LogP contribution in [0.5, 0.6) is 0 Å². The Bertz CT molecular complexity index is 937. The zero-order chi connectivity index (χ0) is 20.7. The molecule has 1 amide bonds. The molecule has 0 unspecified atom stereocenters. The summed E-state index contributed by atoms with van der Waals surface area (Å²) < 4.78 is 51.5. The molecule has 5 nitrogen and oxygen atoms in total. The van der Waals surface area contributed by atoms with Crippen LogP contribution in [0.1, 0.15) is 11.1 Å². The molecule has 0 bridgehead atoms. The van der Waals surface area contributed by atoms with Crippen molar-refractivity contribution in [2.45, 2.75) is 12.7 Å². The van der Waals surface area contributed by atoms with E-state index in [4.69, 9.17) is 0 Å². The number of hydrogen-bond donors (Lipinski definition) is 1. The molecule has 9 heteroatoms. The van der Waals surface area contributed by atoms with Gasteiger partial charge in [0.15, 0.2) is 0 Å². The Kier molecular flexibility index (Phi) is 7.82. The number of rotatable bonds is 9. The van der Waals surface area contributed by atoms with Gasteiger partial charge in [0.2, 0.25) is 15.9 Å². The number of thioether (sulfide) groups is 1. The van der Waals surface area contributed by atoms with Crippen LogP contribution in [0.2, 0.25) is 0 Å². The van der Waals surface area contributed by atoms with Crippen LogP contribution in [0.15, 0.2) is 42.5 Å². The third-order valence-electron chi connectivity index (χ3n) is 3.79. The Morgan fingerprint density at radius 1 is 1.18 bits per heavy atom. The summed E-state index contributed by atoms with van der Waals surface area (Å²) in [5.74, 6) is -1.00. The second-order valence-corrected chi connectivity index (χ2v) is 9.27. The first-order chi connectivity index (χ1) is 13.2. The zero-order valence-electron chi connectivity index (χ0n) is 15.6. The van der Waals surface area contributed by atoms with Crippen molar-refractivity contribution in [3.8, 4) is 0 Å². The topological polar surface area (TPSA) is 66.5 Å². The Balaban J connectivity index is 1.86. The van der Waals surface area contributed by atoms with Crippen LogP contribution in [0.3, 0.4) is 0 Å². The normalized spacial score (nSPS) is 11.3. The van der Waals surface area contributed by atoms with Gasteiger partial charge < -0.3 is 5.32 Å². The highest BCUT2D eigenvalue weighted by Gasteiger charge is 2.23. The standard InChI is InChI=1S/C19H22F2N2O3S2/c1-14-4-3-5-15(10-14)13-27-9-8-22-19(24)12-23(28(2,25)26)18-7-6-16(20)11-17(18)21/h3-7,10-11H,8-9,12-13H2,1-2H3,(H,22,24). The third kappa shape index (κ3) is 6.79. The molecule has 2 rings (SSSR count). The number of halogens is 2. The fourth-order valence-electron chi connectivity index (χ4n) is 2.51. The van der Waals surface area contributed by atoms with Gasteiger partial charge in [-0.15, -0.1) is 0 Å². The number of aryl methyl sites for hydroxylation is 1. The van der Waals surface area contributed by atoms with Gasteiger partial charge in [0.1, 0.15) is 18.2 Å². The van der Waals surface area contributed by atoms with Gasteiger partial charge in [-0.05, 0) is 24.6 Å². The molecule has 0 fully saturated rings. The number of nitrogens with zero attached hydrogens (tertiary/aromatic N) is 1. The maximum atomic E-state index is 13.9. The second-order valence-electron chi connectivity index (χ2n) is 6.26. The highest BCUT2D eigenvalue weighted by Crippen LogP contribution is 2.22. The van der Waals surface area contributed by atoms with Crippen LogP contribution in [0.4, 0.5) is 14.5 Å². The average Bonchev–Trinajstić information content (AvgIpc) is 2.59. The van der Waals surface area contributed by atoms with Crippen LogP contribution < -0.4 is 9.62 Å². The van der Waals surface area contributed by atoms with E-state index in [1.807, 2.05) is 25.1 Å². The minimum absolute atomic E-state index is 0.346. The van der Waals surface area contributed by atoms with E-state index < -0.39 is 34.1 Å². The van der Waals surface area contributed by atoms with Gasteiger partial charge in [-0.2, -0.15) is 11.8 Å². The molecule has 28 heavy (non-hydrogen) atoms. The minimum Gasteiger partial charge on any atom is -0.354 e. The van der Waals surface area contributed by atoms with Crippen LogP contribution in [-0.2, 0) is 20.6 Å². The van der Waals surface area contributed by atoms with Crippen molar-refractivity contribution in [1.29, 1.82) is 0 Å². The molecule has 0 heterocycles. The second kappa shape index (κ2) is 9.88. The molecule has 2 aromatic carbocycles. The average molecular weight is 429 g/mol. The molecule has 0 radical (unpaired) electrons. The van der Waals surface area contributed by atoms with Gasteiger partial charge in [-0.3, -0.25) is 9.10 Å². The first kappa shape index (κ1) is 22.2. The summed E-state index contributed by atoms with van der Waals surface area (Å²) in [6.07, 6.45) is 0.862. The third-order valence-corrected chi connectivity index (χ3v) is 5.94. The molecule has 0 aliphatic rings. The molecule has 1 N–H and O–H groups in total. The maximum Gasteiger partial charge on any atom is 0.240 e. The number of carbonyl (C=O) groups is 1. The van der Waals surface area contributed by atoms with E-state index >= 15 is 0 Å². The molecular weight excluding hydrogens is 406 g/mol. The lowest BCUT2D eigenvalue weighted by Gasteiger charge is -2.22. The predicted octanol–water partition coefficient (Wildman–Crippen LogP) is 3.09. The molecule has 0 saturated carbocycles. The Morgan fingerprint density at radius 2 is 1.93 bits per heavy atom. The van der Waals surface area contributed by atoms with Gasteiger partial charge in [0.05, 0.1) is 11.9 Å². The largest absolute Gasteiger partial charge is 0.354 e. The summed E-state index contributed by atoms with van der Waals surface area (Å²) in [6.45, 7) is 1.79. The van der Waals surface area contributed by atoms with Crippen molar-refractivity contribution < 1.29 is 22.0 Å². The molecule has 0 aromatic heterocycles. The number of carbonyl (C=O) groups excluding carboxylic acids is 1. The summed E-state index contributed by atoms with van der Waals surface area (Å²) >= 11 is 1.63. The molecule has 0 aliphatic heterocycles. The zero-order valence-corrected chi connectivity index (χ0v) is 17.2. The maximum absolute atomic E-state index is 13.9. The first-order valence-corrected chi connectivity index (χ1v) is 11.5. The number of benzene rings is 2. The lowest BCUT2D eigenvalue weighted by atomic mass is 10.2. The molecule has 0 aliphatic carbocycles. The van der Waals surface area contributed by atoms with E-state index in [0.29, 0.717) is 22.7 Å². The molecule has 0 spiro atoms. The number of amides is 1. The fraction of sp³-hybridized carbons (Fsp3) is 0.316. The Morgan fingerprint density at radius 3 is 2.57 bits per heavy atom. The van der Waals surface area contributed by atoms with E-state index in [1.54, 1.807) is 11.8 Å². The number of hydrogen-bond acceptors (Lipinski definition) is 4. The lowest BCUT2D eigenvalue weighted by molar-refractivity contribution is -0.119. The van der Waals surface area contributed by atoms with Crippen molar-refractivity contribution in [2.75, 3.05) is 29.4 Å². The van der Waals surface area contributed by atoms with E-state index in [2.05, 4.69) is 11.4 Å². The SMILES string of the molecule is Cc1cccc(CSCCNC(=O)CN(c2ccc(F)cc2F)S(C)(=O)=O)c1. The highest BCUT2D eigenvalue weighted by molar-refractivity contribution is 7.98. The van der Waals surface area contributed by atoms with Crippen molar-refractivity contribution in [1.82, 2.24) is 5.32 Å². The summed E-state index contributed by atoms with van der Waals surface area (Å²) in [4.78, 5) is 12.1. The van der Waals surface area contributed by atoms with Crippen LogP contribution >= 0.6 is 11.8 Å². The van der Waals surface area contributed by atoms with E-state index in [0.717, 1.165) is 24.1 Å². The van der Waals surface area contributed by atoms with Gasteiger partial charge in [0, 0.05) is 24.1 Å². The summed E-state index contributed by atoms with van der Waals surface area (Å²) in [7, 11) is -3.92. The number of anilines is 1. The van der Waals surface area contributed by atoms with Crippen molar-refractivity contribution in [3.05, 3.63) is 65.2 Å². The van der Waals surface area contributed by atoms with E-state index in [-0.39, 0.29) is 5.69 Å². The molecule has 0 saturated heterocycles. The monoisotopic (exact) mass is 428 g/mol. The molecule has 2 aromatic rings. The van der Waals surface area contributed by atoms with Crippen molar-refractivity contribution in [2.24, 2.45) is 0 Å². The van der Waals surface area contributed by atoms with Crippen molar-refractivity contribution >= 4 is 33.4 Å². The predicted molar refractivity (Wildman–Crippen MR) is 109 cm³/mol. The molecule has 152 valence electrons. The van der Waals surface area contributed by atoms with Gasteiger partial charge >= 0.3 is 0 Å². The quantitative estimate of drug-likeness (QED) is 0.624. The van der Waals surface area contributed by atoms with Gasteiger partial charge in [0.25, 0.3) is 0 Å². The highest BCUT2D eigenvalue weighted by atomic mass is 32.2. The minimum atomic E-state index is -3.92. The number of nitrogens with one attached hydrogen (secondary N) is 1. The molecular formula is C19H22F2N2O3S2. The van der Waals surface area contributed by atoms with Crippen LogP contribution in [0, 0.1) is 18.6 Å². The fourth-order valence-corrected chi connectivity index (χ4v) is 4.17. The summed E-state index contributed by atoms with van der Waals surface area (Å²) in [5, 5.41) is 2.62. The number of sulfonamides is 1. The van der Waals surface area contributed by atoms with Crippen LogP contribution in [-0.4, -0.2) is 39.4 Å². The first-order valence-electron chi connectivity index (χ1n) is 8.49. The summed E-state index contributed by atoms with van der Waals surface area (Å²) in [6, 6.07) is 10.6. The molecule has 0 atom stereocenters. The van der Waals surface area contributed by atoms with E-state index in [9.17, 15) is 22.0 Å². The van der Waals surface area contributed by atoms with Gasteiger partial charge in [-0.1, -0.05) is 29.8 Å².